The number of rotatable bonds is 13. The van der Waals surface area contributed by atoms with Gasteiger partial charge >= 0.3 is 5.97 Å². The van der Waals surface area contributed by atoms with E-state index in [0.717, 1.165) is 0 Å². The average molecular weight is 499 g/mol. The molecule has 198 valence electrons. The van der Waals surface area contributed by atoms with Gasteiger partial charge in [-0.25, -0.2) is 4.79 Å². The van der Waals surface area contributed by atoms with Crippen molar-refractivity contribution in [3.05, 3.63) is 23.8 Å². The van der Waals surface area contributed by atoms with Crippen molar-refractivity contribution in [3.8, 4) is 5.75 Å². The third kappa shape index (κ3) is 9.02. The molecule has 1 saturated heterocycles. The van der Waals surface area contributed by atoms with Crippen molar-refractivity contribution in [2.45, 2.75) is 71.2 Å². The number of hydrogen-bond acceptors (Lipinski definition) is 9. The third-order valence-corrected chi connectivity index (χ3v) is 5.56. The summed E-state index contributed by atoms with van der Waals surface area (Å²) < 4.78 is 22.5. The highest BCUT2D eigenvalue weighted by Gasteiger charge is 2.35. The van der Waals surface area contributed by atoms with Gasteiger partial charge in [0, 0.05) is 19.4 Å². The number of aliphatic carboxylic acids is 1. The standard InChI is InChI=1S/C24H38N2O9/c1-23(2,14-32-7-8-33-24(3,4)13-25)22(31)26-17-9-15(12-27)5-6-18(17)34-20-11-16(28)10-19(35-20)21(29)30/h5-6,9,16,19-20,27-28H,7-8,10-14,25H2,1-4H3,(H,26,31)(H,29,30). The molecule has 1 aromatic carbocycles. The monoisotopic (exact) mass is 498 g/mol. The molecule has 0 radical (unpaired) electrons. The number of aliphatic hydroxyl groups excluding tert-OH is 2. The molecule has 6 N–H and O–H groups in total. The van der Waals surface area contributed by atoms with Gasteiger partial charge in [-0.3, -0.25) is 4.79 Å². The summed E-state index contributed by atoms with van der Waals surface area (Å²) in [7, 11) is 0. The zero-order valence-electron chi connectivity index (χ0n) is 20.8. The summed E-state index contributed by atoms with van der Waals surface area (Å²) in [5, 5.41) is 31.6. The zero-order chi connectivity index (χ0) is 26.2. The molecule has 1 aliphatic heterocycles. The molecule has 11 nitrogen and oxygen atoms in total. The molecule has 3 atom stereocenters. The van der Waals surface area contributed by atoms with Gasteiger partial charge in [0.25, 0.3) is 0 Å². The van der Waals surface area contributed by atoms with E-state index in [4.69, 9.17) is 24.7 Å². The number of carbonyl (C=O) groups excluding carboxylic acids is 1. The number of ether oxygens (including phenoxy) is 4. The summed E-state index contributed by atoms with van der Waals surface area (Å²) >= 11 is 0. The first-order valence-electron chi connectivity index (χ1n) is 11.6. The van der Waals surface area contributed by atoms with Crippen LogP contribution in [0, 0.1) is 5.41 Å². The summed E-state index contributed by atoms with van der Waals surface area (Å²) in [5.74, 6) is -1.33. The molecule has 11 heteroatoms. The second-order valence-electron chi connectivity index (χ2n) is 9.83. The van der Waals surface area contributed by atoms with Crippen LogP contribution in [0.4, 0.5) is 5.69 Å². The Bertz CT molecular complexity index is 859. The van der Waals surface area contributed by atoms with Crippen molar-refractivity contribution in [2.24, 2.45) is 11.1 Å². The number of benzene rings is 1. The molecule has 0 aromatic heterocycles. The van der Waals surface area contributed by atoms with Crippen molar-refractivity contribution in [3.63, 3.8) is 0 Å². The highest BCUT2D eigenvalue weighted by atomic mass is 16.7. The number of nitrogens with one attached hydrogen (secondary N) is 1. The molecule has 0 spiro atoms. The number of carboxylic acids is 1. The van der Waals surface area contributed by atoms with Crippen LogP contribution < -0.4 is 15.8 Å². The van der Waals surface area contributed by atoms with Crippen molar-refractivity contribution < 1.29 is 43.9 Å². The zero-order valence-corrected chi connectivity index (χ0v) is 20.8. The lowest BCUT2D eigenvalue weighted by atomic mass is 9.93. The fraction of sp³-hybridized carbons (Fsp3) is 0.667. The van der Waals surface area contributed by atoms with Crippen molar-refractivity contribution >= 4 is 17.6 Å². The number of hydrogen-bond donors (Lipinski definition) is 5. The molecule has 1 fully saturated rings. The van der Waals surface area contributed by atoms with Crippen LogP contribution in [0.3, 0.4) is 0 Å². The van der Waals surface area contributed by atoms with Gasteiger partial charge in [-0.2, -0.15) is 0 Å². The van der Waals surface area contributed by atoms with E-state index in [1.165, 1.54) is 0 Å². The lowest BCUT2D eigenvalue weighted by Crippen LogP contribution is -2.42. The first-order chi connectivity index (χ1) is 16.4. The first-order valence-corrected chi connectivity index (χ1v) is 11.6. The maximum absolute atomic E-state index is 13.0. The van der Waals surface area contributed by atoms with Crippen molar-refractivity contribution in [2.75, 3.05) is 31.7 Å². The molecule has 0 aliphatic carbocycles. The fourth-order valence-corrected chi connectivity index (χ4v) is 3.23. The second-order valence-corrected chi connectivity index (χ2v) is 9.83. The maximum Gasteiger partial charge on any atom is 0.333 e. The normalized spacial score (nSPS) is 20.9. The van der Waals surface area contributed by atoms with E-state index in [0.29, 0.717) is 25.3 Å². The summed E-state index contributed by atoms with van der Waals surface area (Å²) in [4.78, 5) is 24.3. The molecule has 0 bridgehead atoms. The average Bonchev–Trinajstić information content (AvgIpc) is 2.79. The van der Waals surface area contributed by atoms with Crippen LogP contribution in [0.25, 0.3) is 0 Å². The molecular weight excluding hydrogens is 460 g/mol. The molecule has 1 aliphatic rings. The van der Waals surface area contributed by atoms with Crippen molar-refractivity contribution in [1.29, 1.82) is 0 Å². The summed E-state index contributed by atoms with van der Waals surface area (Å²) in [6.45, 7) is 8.08. The van der Waals surface area contributed by atoms with Crippen LogP contribution in [0.5, 0.6) is 5.75 Å². The van der Waals surface area contributed by atoms with E-state index in [1.54, 1.807) is 32.0 Å². The van der Waals surface area contributed by atoms with Gasteiger partial charge in [0.2, 0.25) is 12.2 Å². The van der Waals surface area contributed by atoms with Crippen LogP contribution >= 0.6 is 0 Å². The minimum atomic E-state index is -1.20. The Morgan fingerprint density at radius 2 is 1.91 bits per heavy atom. The van der Waals surface area contributed by atoms with Gasteiger partial charge in [0.15, 0.2) is 6.10 Å². The van der Waals surface area contributed by atoms with Crippen LogP contribution in [0.2, 0.25) is 0 Å². The number of carbonyl (C=O) groups is 2. The predicted molar refractivity (Wildman–Crippen MR) is 127 cm³/mol. The summed E-state index contributed by atoms with van der Waals surface area (Å²) in [6.07, 6.45) is -3.09. The molecule has 3 unspecified atom stereocenters. The number of aliphatic hydroxyl groups is 2. The van der Waals surface area contributed by atoms with E-state index in [9.17, 15) is 24.9 Å². The van der Waals surface area contributed by atoms with Crippen molar-refractivity contribution in [1.82, 2.24) is 0 Å². The van der Waals surface area contributed by atoms with Gasteiger partial charge in [-0.05, 0) is 45.4 Å². The molecule has 1 heterocycles. The van der Waals surface area contributed by atoms with E-state index in [1.807, 2.05) is 13.8 Å². The molecule has 1 aromatic rings. The van der Waals surface area contributed by atoms with Gasteiger partial charge in [0.05, 0.1) is 49.2 Å². The Morgan fingerprint density at radius 1 is 1.20 bits per heavy atom. The van der Waals surface area contributed by atoms with Crippen LogP contribution in [-0.2, 0) is 30.4 Å². The Kier molecular flexibility index (Phi) is 10.4. The summed E-state index contributed by atoms with van der Waals surface area (Å²) in [6, 6.07) is 4.71. The SMILES string of the molecule is CC(C)(CN)OCCOCC(C)(C)C(=O)Nc1cc(CO)ccc1OC1CC(O)CC(C(=O)O)O1. The third-order valence-electron chi connectivity index (χ3n) is 5.56. The van der Waals surface area contributed by atoms with E-state index in [2.05, 4.69) is 5.32 Å². The van der Waals surface area contributed by atoms with Gasteiger partial charge < -0.3 is 45.3 Å². The first kappa shape index (κ1) is 29.0. The number of amides is 1. The highest BCUT2D eigenvalue weighted by Crippen LogP contribution is 2.32. The Balaban J connectivity index is 2.03. The lowest BCUT2D eigenvalue weighted by molar-refractivity contribution is -0.195. The van der Waals surface area contributed by atoms with E-state index >= 15 is 0 Å². The molecule has 1 amide bonds. The van der Waals surface area contributed by atoms with Gasteiger partial charge in [-0.1, -0.05) is 6.07 Å². The topological polar surface area (TPSA) is 170 Å². The molecule has 35 heavy (non-hydrogen) atoms. The lowest BCUT2D eigenvalue weighted by Gasteiger charge is -2.32. The van der Waals surface area contributed by atoms with Crippen LogP contribution in [0.15, 0.2) is 18.2 Å². The Morgan fingerprint density at radius 3 is 2.54 bits per heavy atom. The number of carboxylic acid groups (broad SMARTS) is 1. The fourth-order valence-electron chi connectivity index (χ4n) is 3.23. The quantitative estimate of drug-likeness (QED) is 0.249. The second kappa shape index (κ2) is 12.6. The highest BCUT2D eigenvalue weighted by molar-refractivity contribution is 5.96. The minimum Gasteiger partial charge on any atom is -0.479 e. The maximum atomic E-state index is 13.0. The minimum absolute atomic E-state index is 0.0365. The summed E-state index contributed by atoms with van der Waals surface area (Å²) in [5.41, 5.74) is 5.08. The van der Waals surface area contributed by atoms with E-state index in [-0.39, 0.29) is 43.4 Å². The number of nitrogens with two attached hydrogens (primary N) is 1. The van der Waals surface area contributed by atoms with Gasteiger partial charge in [-0.15, -0.1) is 0 Å². The number of anilines is 1. The molecule has 0 saturated carbocycles. The smallest absolute Gasteiger partial charge is 0.333 e. The van der Waals surface area contributed by atoms with Crippen LogP contribution in [-0.4, -0.2) is 77.7 Å². The van der Waals surface area contributed by atoms with Crippen LogP contribution in [0.1, 0.15) is 46.1 Å². The largest absolute Gasteiger partial charge is 0.479 e. The van der Waals surface area contributed by atoms with E-state index < -0.39 is 35.5 Å². The molecular formula is C24H38N2O9. The van der Waals surface area contributed by atoms with Gasteiger partial charge in [0.1, 0.15) is 5.75 Å². The predicted octanol–water partition coefficient (Wildman–Crippen LogP) is 1.24. The Hall–Kier alpha value is -2.28. The molecule has 2 rings (SSSR count). The Labute approximate surface area is 205 Å².